The van der Waals surface area contributed by atoms with Crippen molar-refractivity contribution in [3.05, 3.63) is 66.7 Å². The van der Waals surface area contributed by atoms with Gasteiger partial charge in [-0.2, -0.15) is 24.2 Å². The van der Waals surface area contributed by atoms with Crippen molar-refractivity contribution in [2.45, 2.75) is 99.4 Å². The molecule has 0 amide bonds. The Labute approximate surface area is 636 Å². The number of nitrogen functional groups attached to an aromatic ring is 4. The Morgan fingerprint density at radius 3 is 1.18 bits per heavy atom. The van der Waals surface area contributed by atoms with E-state index < -0.39 is 196 Å². The summed E-state index contributed by atoms with van der Waals surface area (Å²) in [6, 6.07) is -2.80. The number of aromatic amines is 4. The summed E-state index contributed by atoms with van der Waals surface area (Å²) in [5, 5.41) is 10.4. The molecule has 1 radical (unpaired) electrons. The van der Waals surface area contributed by atoms with Crippen LogP contribution in [0.2, 0.25) is 0 Å². The summed E-state index contributed by atoms with van der Waals surface area (Å²) in [6.07, 6.45) is -2.18. The molecule has 8 aromatic rings. The zero-order chi connectivity index (χ0) is 81.1. The number of nitrogens with two attached hydrogens (primary N) is 8. The van der Waals surface area contributed by atoms with Gasteiger partial charge in [0.05, 0.1) is 82.1 Å². The topological polar surface area (TPSA) is 945 Å². The molecule has 0 bridgehead atoms. The van der Waals surface area contributed by atoms with E-state index in [-0.39, 0.29) is 127 Å². The van der Waals surface area contributed by atoms with Crippen molar-refractivity contribution in [2.24, 2.45) is 28.9 Å². The van der Waals surface area contributed by atoms with Gasteiger partial charge < -0.3 is 142 Å². The van der Waals surface area contributed by atoms with Crippen molar-refractivity contribution in [1.29, 1.82) is 0 Å². The molecular weight excluding hydrogens is 1730 g/mol. The first-order valence-electron chi connectivity index (χ1n) is 30.1. The predicted octanol–water partition coefficient (Wildman–Crippen LogP) is -6.86. The van der Waals surface area contributed by atoms with E-state index in [1.54, 1.807) is 0 Å². The number of aromatic nitrogens is 16. The number of phosphoric ester groups is 1. The number of phosphoric acid groups is 2. The number of hydrogen-bond acceptors (Lipinski definition) is 38. The van der Waals surface area contributed by atoms with Gasteiger partial charge >= 0.3 is 62.5 Å². The van der Waals surface area contributed by atoms with E-state index in [2.05, 4.69) is 73.2 Å². The number of aliphatic hydroxyl groups is 1. The van der Waals surface area contributed by atoms with Crippen LogP contribution in [0.4, 0.5) is 23.8 Å². The van der Waals surface area contributed by atoms with Crippen LogP contribution in [0.15, 0.2) is 44.5 Å². The molecule has 4 saturated heterocycles. The van der Waals surface area contributed by atoms with Gasteiger partial charge in [-0.25, -0.2) is 29.1 Å². The summed E-state index contributed by atoms with van der Waals surface area (Å²) in [4.78, 5) is 192. The van der Waals surface area contributed by atoms with Gasteiger partial charge in [0.25, 0.3) is 22.2 Å². The number of ether oxygens (including phenoxy) is 4. The molecule has 4 aliphatic rings. The first kappa shape index (κ1) is 91.7. The second-order valence-corrected chi connectivity index (χ2v) is 35.7. The second-order valence-electron chi connectivity index (χ2n) is 23.5. The van der Waals surface area contributed by atoms with Gasteiger partial charge in [0.2, 0.25) is 23.8 Å². The predicted molar refractivity (Wildman–Crippen MR) is 367 cm³/mol. The zero-order valence-electron chi connectivity index (χ0n) is 55.7. The summed E-state index contributed by atoms with van der Waals surface area (Å²) in [5.74, 6) is -3.26. The SMILES string of the molecule is CC1C(N)[C@H](n2cnc3c(=O)[nH]c(N)nc32)O[C@@H]1CO[PH](=O)O.Nc1nc2c(ncn2[C@@H]2O[C@H](COP(=O)(O)CP(=O)(O)O)C(N)C2O)c(=O)[nH]1.Nc1nc2c(ncn2[C@H]2CC(N)[C@@H](COP(=O)(O)CP(=O)(O)O)O2)c(=O)[nH]1.Nc1nc2c(ncn2[C@H]2CC(N)[C@@H](COP(=O)(O)OP(=O)(O)O)O2)c(=O)[nH]1.O=[PH](O)O.[Y]. The number of H-pyrrole nitrogens is 4. The minimum atomic E-state index is -5.23. The van der Waals surface area contributed by atoms with Gasteiger partial charge in [0.15, 0.2) is 68.9 Å². The summed E-state index contributed by atoms with van der Waals surface area (Å²) < 4.78 is 137. The van der Waals surface area contributed by atoms with E-state index in [1.807, 2.05) is 6.92 Å². The van der Waals surface area contributed by atoms with Crippen LogP contribution in [0.1, 0.15) is 44.7 Å². The number of hydrogen-bond donors (Lipinski definition) is 25. The Bertz CT molecular complexity index is 5040. The van der Waals surface area contributed by atoms with Crippen LogP contribution in [-0.4, -0.2) is 235 Å². The van der Waals surface area contributed by atoms with Crippen LogP contribution < -0.4 is 68.1 Å². The second kappa shape index (κ2) is 37.0. The number of fused-ring (bicyclic) bond motifs is 4. The van der Waals surface area contributed by atoms with Gasteiger partial charge in [-0.15, -0.1) is 0 Å². The first-order chi connectivity index (χ1) is 50.4. The molecule has 10 unspecified atom stereocenters. The Kier molecular flexibility index (Phi) is 30.8. The maximum absolute atomic E-state index is 11.8. The molecule has 33 N–H and O–H groups in total. The van der Waals surface area contributed by atoms with E-state index in [9.17, 15) is 70.9 Å². The average molecular weight is 1810 g/mol. The largest absolute Gasteiger partial charge is 0.481 e. The summed E-state index contributed by atoms with van der Waals surface area (Å²) in [7, 11) is -35.1. The number of rotatable bonds is 22. The fourth-order valence-electron chi connectivity index (χ4n) is 10.6. The fraction of sp³-hybridized carbons (Fsp3) is 0.535. The normalized spacial score (nSPS) is 26.1. The summed E-state index contributed by atoms with van der Waals surface area (Å²) in [6.45, 7) is 0.150. The van der Waals surface area contributed by atoms with Crippen molar-refractivity contribution >= 4 is 131 Å². The fourth-order valence-corrected chi connectivity index (χ4v) is 17.7. The molecule has 58 nitrogen and oxygen atoms in total. The van der Waals surface area contributed by atoms with Crippen LogP contribution >= 0.6 is 62.5 Å². The monoisotopic (exact) mass is 1810 g/mol. The molecule has 0 aromatic carbocycles. The van der Waals surface area contributed by atoms with E-state index in [0.29, 0.717) is 0 Å². The molecular formula is C43H72N24O34P8Y. The minimum Gasteiger partial charge on any atom is -0.387 e. The third-order valence-corrected chi connectivity index (χ3v) is 24.9. The minimum absolute atomic E-state index is 0. The number of nitrogens with zero attached hydrogens (tertiary/aromatic N) is 12. The van der Waals surface area contributed by atoms with Crippen LogP contribution in [0.3, 0.4) is 0 Å². The molecule has 12 heterocycles. The molecule has 611 valence electrons. The maximum Gasteiger partial charge on any atom is 0.481 e. The third-order valence-electron chi connectivity index (χ3n) is 15.4. The molecule has 0 aliphatic carbocycles. The molecule has 12 rings (SSSR count). The summed E-state index contributed by atoms with van der Waals surface area (Å²) in [5.41, 5.74) is 44.7. The Morgan fingerprint density at radius 2 is 0.827 bits per heavy atom. The molecule has 4 fully saturated rings. The van der Waals surface area contributed by atoms with Crippen molar-refractivity contribution in [3.8, 4) is 0 Å². The summed E-state index contributed by atoms with van der Waals surface area (Å²) >= 11 is 0. The van der Waals surface area contributed by atoms with Crippen LogP contribution in [-0.2, 0) is 111 Å². The van der Waals surface area contributed by atoms with Crippen LogP contribution in [0.5, 0.6) is 0 Å². The Morgan fingerprint density at radius 1 is 0.500 bits per heavy atom. The van der Waals surface area contributed by atoms with Gasteiger partial charge in [-0.3, -0.25) is 89.3 Å². The van der Waals surface area contributed by atoms with Crippen molar-refractivity contribution < 1.29 is 174 Å². The Hall–Kier alpha value is -5.50. The maximum atomic E-state index is 11.8. The van der Waals surface area contributed by atoms with Gasteiger partial charge in [0.1, 0.15) is 24.7 Å². The third kappa shape index (κ3) is 24.5. The van der Waals surface area contributed by atoms with E-state index in [1.165, 1.54) is 43.6 Å². The molecule has 8 aromatic heterocycles. The van der Waals surface area contributed by atoms with Crippen LogP contribution in [0.25, 0.3) is 44.7 Å². The average Bonchev–Trinajstić information content (AvgIpc) is 1.64. The van der Waals surface area contributed by atoms with Crippen LogP contribution in [0, 0.1) is 5.92 Å². The molecule has 0 spiro atoms. The standard InChI is InChI=1S/C11H18N6O9P2.C11H18N6O8P2.C11H17N6O5P.C10H16N6O9P2.H3O3P.Y/c12-5-4(1-25-28(23,24)3-27(20,21)22)26-10(7(5)18)17-2-14-6-8(17)15-11(13)16-9(6)19;12-5-1-7(17-3-14-8-9(17)15-11(13)16-10(8)18)25-6(5)2-24-27(22,23)4-26(19,20)21;1-4-5(2-21-23(19)20)22-10(6(4)12)17-3-14-7-8(17)15-11(13)16-9(7)18;11-4-1-6(16-3-13-7-8(16)14-10(12)15-9(7)17)24-5(4)2-23-27(21,22)25-26(18,19)20;1-4(2)3;/h2,4-5,7,10,18H,1,3,12H2,(H,23,24)(H2,20,21,22)(H3,13,15,16,19);3,5-7H,1-2,4,12H2,(H,22,23)(H2,19,20,21)(H3,13,15,16,18);3-6,10,23H,2,12H2,1H3,(H,19,20)(H3,13,15,16,18);3-6H,1-2,11H2,(H,21,22)(H2,18,19,20)(H3,12,14,15,17);4H,(H2,1,2,3);/t4-,5?,7?,10-;5?,6-,7-;4?,5-,6?,10-;4?,5-,6-;;/m1111../s1. The molecule has 110 heavy (non-hydrogen) atoms. The van der Waals surface area contributed by atoms with Gasteiger partial charge in [-0.05, 0) is 0 Å². The van der Waals surface area contributed by atoms with E-state index >= 15 is 0 Å². The molecule has 4 aliphatic heterocycles. The van der Waals surface area contributed by atoms with Gasteiger partial charge in [-0.1, -0.05) is 6.92 Å². The molecule has 0 saturated carbocycles. The number of imidazole rings is 4. The van der Waals surface area contributed by atoms with E-state index in [0.717, 1.165) is 0 Å². The Balaban J connectivity index is 0.000000200. The van der Waals surface area contributed by atoms with E-state index in [4.69, 9.17) is 122 Å². The van der Waals surface area contributed by atoms with Crippen molar-refractivity contribution in [2.75, 3.05) is 61.2 Å². The number of anilines is 4. The zero-order valence-corrected chi connectivity index (χ0v) is 65.9. The first-order valence-corrected chi connectivity index (χ1v) is 42.9. The van der Waals surface area contributed by atoms with Crippen molar-refractivity contribution in [1.82, 2.24) is 78.1 Å². The quantitative estimate of drug-likeness (QED) is 0.0280. The number of aliphatic hydroxyl groups excluding tert-OH is 1. The van der Waals surface area contributed by atoms with Crippen molar-refractivity contribution in [3.63, 3.8) is 0 Å². The van der Waals surface area contributed by atoms with Gasteiger partial charge in [0, 0.05) is 63.6 Å². The smallest absolute Gasteiger partial charge is 0.387 e. The molecule has 67 heteroatoms. The molecule has 18 atom stereocenters. The number of nitrogens with one attached hydrogen (secondary N) is 4.